The largest absolute Gasteiger partial charge is 0.478 e. The van der Waals surface area contributed by atoms with Gasteiger partial charge in [0.2, 0.25) is 0 Å². The molecular weight excluding hydrogens is 368 g/mol. The van der Waals surface area contributed by atoms with Gasteiger partial charge in [-0.15, -0.1) is 0 Å². The van der Waals surface area contributed by atoms with Crippen LogP contribution in [-0.2, 0) is 9.59 Å². The molecule has 0 aliphatic heterocycles. The number of rotatable bonds is 9. The lowest BCUT2D eigenvalue weighted by Gasteiger charge is -2.08. The van der Waals surface area contributed by atoms with Gasteiger partial charge in [0, 0.05) is 12.8 Å². The van der Waals surface area contributed by atoms with Crippen molar-refractivity contribution in [2.24, 2.45) is 0 Å². The topological polar surface area (TPSA) is 127 Å². The van der Waals surface area contributed by atoms with Crippen molar-refractivity contribution >= 4 is 23.9 Å². The second kappa shape index (κ2) is 9.86. The molecule has 0 amide bonds. The van der Waals surface area contributed by atoms with Crippen LogP contribution >= 0.6 is 0 Å². The monoisotopic (exact) mass is 386 g/mol. The number of benzene rings is 2. The Morgan fingerprint density at radius 2 is 1.00 bits per heavy atom. The predicted octanol–water partition coefficient (Wildman–Crippen LogP) is 3.15. The zero-order chi connectivity index (χ0) is 20.5. The molecular formula is C20H18O8. The van der Waals surface area contributed by atoms with Gasteiger partial charge in [0.05, 0.1) is 0 Å². The number of aromatic carboxylic acids is 2. The number of carbonyl (C=O) groups is 4. The van der Waals surface area contributed by atoms with Crippen molar-refractivity contribution in [2.75, 3.05) is 0 Å². The van der Waals surface area contributed by atoms with Gasteiger partial charge in [0.15, 0.2) is 0 Å². The van der Waals surface area contributed by atoms with Crippen molar-refractivity contribution in [3.05, 3.63) is 59.7 Å². The van der Waals surface area contributed by atoms with Crippen molar-refractivity contribution in [3.63, 3.8) is 0 Å². The van der Waals surface area contributed by atoms with Crippen molar-refractivity contribution in [3.8, 4) is 11.5 Å². The number of esters is 2. The second-order valence-corrected chi connectivity index (χ2v) is 5.76. The maximum Gasteiger partial charge on any atom is 0.339 e. The molecule has 146 valence electrons. The van der Waals surface area contributed by atoms with Gasteiger partial charge >= 0.3 is 23.9 Å². The molecule has 0 saturated carbocycles. The molecule has 2 aromatic carbocycles. The van der Waals surface area contributed by atoms with Crippen LogP contribution < -0.4 is 9.47 Å². The number of carboxylic acid groups (broad SMARTS) is 2. The van der Waals surface area contributed by atoms with Gasteiger partial charge in [0.1, 0.15) is 22.6 Å². The normalized spacial score (nSPS) is 10.1. The standard InChI is InChI=1S/C20H18O8/c21-17(27-15-9-3-1-7-13(15)19(23)24)11-5-6-12-18(22)28-16-10-4-2-8-14(16)20(25)26/h1-4,7-10H,5-6,11-12H2,(H,23,24)(H,25,26). The highest BCUT2D eigenvalue weighted by Gasteiger charge is 2.15. The smallest absolute Gasteiger partial charge is 0.339 e. The SMILES string of the molecule is O=C(CCCCC(=O)Oc1ccccc1C(=O)O)Oc1ccccc1C(=O)O. The summed E-state index contributed by atoms with van der Waals surface area (Å²) in [7, 11) is 0. The fraction of sp³-hybridized carbons (Fsp3) is 0.200. The van der Waals surface area contributed by atoms with Gasteiger partial charge in [-0.2, -0.15) is 0 Å². The molecule has 0 saturated heterocycles. The van der Waals surface area contributed by atoms with Gasteiger partial charge in [-0.25, -0.2) is 9.59 Å². The number of carbonyl (C=O) groups excluding carboxylic acids is 2. The minimum absolute atomic E-state index is 0.00700. The van der Waals surface area contributed by atoms with E-state index in [0.29, 0.717) is 12.8 Å². The molecule has 0 fully saturated rings. The van der Waals surface area contributed by atoms with Crippen LogP contribution in [0.1, 0.15) is 46.4 Å². The van der Waals surface area contributed by atoms with E-state index in [9.17, 15) is 19.2 Å². The van der Waals surface area contributed by atoms with Crippen molar-refractivity contribution in [2.45, 2.75) is 25.7 Å². The number of para-hydroxylation sites is 2. The summed E-state index contributed by atoms with van der Waals surface area (Å²) >= 11 is 0. The van der Waals surface area contributed by atoms with Crippen LogP contribution in [0.4, 0.5) is 0 Å². The minimum Gasteiger partial charge on any atom is -0.478 e. The highest BCUT2D eigenvalue weighted by Crippen LogP contribution is 2.20. The molecule has 0 heterocycles. The molecule has 0 atom stereocenters. The van der Waals surface area contributed by atoms with E-state index in [4.69, 9.17) is 19.7 Å². The summed E-state index contributed by atoms with van der Waals surface area (Å²) < 4.78 is 10.1. The van der Waals surface area contributed by atoms with E-state index in [0.717, 1.165) is 0 Å². The van der Waals surface area contributed by atoms with Gasteiger partial charge < -0.3 is 19.7 Å². The summed E-state index contributed by atoms with van der Waals surface area (Å²) in [5.41, 5.74) is -0.229. The second-order valence-electron chi connectivity index (χ2n) is 5.76. The number of hydrogen-bond acceptors (Lipinski definition) is 6. The molecule has 2 rings (SSSR count). The van der Waals surface area contributed by atoms with Crippen molar-refractivity contribution in [1.29, 1.82) is 0 Å². The Morgan fingerprint density at radius 3 is 1.36 bits per heavy atom. The molecule has 28 heavy (non-hydrogen) atoms. The van der Waals surface area contributed by atoms with Crippen LogP contribution in [0.2, 0.25) is 0 Å². The Labute approximate surface area is 160 Å². The fourth-order valence-corrected chi connectivity index (χ4v) is 2.35. The molecule has 0 unspecified atom stereocenters. The van der Waals surface area contributed by atoms with Crippen LogP contribution in [0.25, 0.3) is 0 Å². The first-order chi connectivity index (χ1) is 13.4. The van der Waals surface area contributed by atoms with Crippen LogP contribution in [0.5, 0.6) is 11.5 Å². The van der Waals surface area contributed by atoms with Gasteiger partial charge in [-0.3, -0.25) is 9.59 Å². The maximum atomic E-state index is 11.8. The average molecular weight is 386 g/mol. The molecule has 0 aromatic heterocycles. The molecule has 0 bridgehead atoms. The van der Waals surface area contributed by atoms with E-state index in [1.807, 2.05) is 0 Å². The van der Waals surface area contributed by atoms with Crippen LogP contribution in [-0.4, -0.2) is 34.1 Å². The van der Waals surface area contributed by atoms with Crippen LogP contribution in [0, 0.1) is 0 Å². The van der Waals surface area contributed by atoms with Gasteiger partial charge in [0.25, 0.3) is 0 Å². The number of carboxylic acids is 2. The number of ether oxygens (including phenoxy) is 2. The third kappa shape index (κ3) is 5.94. The third-order valence-corrected chi connectivity index (χ3v) is 3.69. The first-order valence-corrected chi connectivity index (χ1v) is 8.44. The Bertz CT molecular complexity index is 814. The van der Waals surface area contributed by atoms with E-state index in [1.54, 1.807) is 12.1 Å². The Kier molecular flexibility index (Phi) is 7.27. The van der Waals surface area contributed by atoms with E-state index in [2.05, 4.69) is 0 Å². The van der Waals surface area contributed by atoms with E-state index < -0.39 is 23.9 Å². The lowest BCUT2D eigenvalue weighted by Crippen LogP contribution is -2.12. The molecule has 0 spiro atoms. The summed E-state index contributed by atoms with van der Waals surface area (Å²) in [6.45, 7) is 0. The summed E-state index contributed by atoms with van der Waals surface area (Å²) in [5, 5.41) is 18.1. The van der Waals surface area contributed by atoms with Crippen molar-refractivity contribution < 1.29 is 38.9 Å². The molecule has 2 N–H and O–H groups in total. The van der Waals surface area contributed by atoms with E-state index in [1.165, 1.54) is 36.4 Å². The minimum atomic E-state index is -1.20. The molecule has 0 radical (unpaired) electrons. The highest BCUT2D eigenvalue weighted by atomic mass is 16.5. The van der Waals surface area contributed by atoms with Crippen LogP contribution in [0.15, 0.2) is 48.5 Å². The first-order valence-electron chi connectivity index (χ1n) is 8.44. The van der Waals surface area contributed by atoms with Gasteiger partial charge in [-0.05, 0) is 37.1 Å². The number of hydrogen-bond donors (Lipinski definition) is 2. The quantitative estimate of drug-likeness (QED) is 0.382. The Morgan fingerprint density at radius 1 is 0.643 bits per heavy atom. The zero-order valence-electron chi connectivity index (χ0n) is 14.8. The summed E-state index contributed by atoms with van der Waals surface area (Å²) in [4.78, 5) is 45.8. The first kappa shape index (κ1) is 20.6. The molecule has 0 aliphatic carbocycles. The van der Waals surface area contributed by atoms with Crippen molar-refractivity contribution in [1.82, 2.24) is 0 Å². The van der Waals surface area contributed by atoms with E-state index in [-0.39, 0.29) is 35.5 Å². The Balaban J connectivity index is 1.77. The van der Waals surface area contributed by atoms with Gasteiger partial charge in [-0.1, -0.05) is 24.3 Å². The summed E-state index contributed by atoms with van der Waals surface area (Å²) in [6.07, 6.45) is 0.632. The summed E-state index contributed by atoms with van der Waals surface area (Å²) in [6, 6.07) is 11.6. The average Bonchev–Trinajstić information content (AvgIpc) is 2.65. The maximum absolute atomic E-state index is 11.8. The van der Waals surface area contributed by atoms with E-state index >= 15 is 0 Å². The fourth-order valence-electron chi connectivity index (χ4n) is 2.35. The summed E-state index contributed by atoms with van der Waals surface area (Å²) in [5.74, 6) is -3.70. The molecule has 8 nitrogen and oxygen atoms in total. The molecule has 0 aliphatic rings. The molecule has 8 heteroatoms. The predicted molar refractivity (Wildman–Crippen MR) is 96.5 cm³/mol. The number of unbranched alkanes of at least 4 members (excludes halogenated alkanes) is 1. The lowest BCUT2D eigenvalue weighted by molar-refractivity contribution is -0.136. The third-order valence-electron chi connectivity index (χ3n) is 3.69. The Hall–Kier alpha value is -3.68. The van der Waals surface area contributed by atoms with Crippen LogP contribution in [0.3, 0.4) is 0 Å². The highest BCUT2D eigenvalue weighted by molar-refractivity contribution is 5.92. The zero-order valence-corrected chi connectivity index (χ0v) is 14.8. The molecule has 2 aromatic rings. The lowest BCUT2D eigenvalue weighted by atomic mass is 10.2.